The first kappa shape index (κ1) is 30.7. The molecule has 0 aliphatic heterocycles. The van der Waals surface area contributed by atoms with E-state index in [-0.39, 0.29) is 40.5 Å². The molecule has 41 heavy (non-hydrogen) atoms. The van der Waals surface area contributed by atoms with Gasteiger partial charge in [-0.3, -0.25) is 4.79 Å². The molecule has 3 aromatic carbocycles. The number of alkyl halides is 3. The first-order chi connectivity index (χ1) is 19.1. The Morgan fingerprint density at radius 2 is 1.63 bits per heavy atom. The van der Waals surface area contributed by atoms with Crippen LogP contribution in [-0.4, -0.2) is 34.0 Å². The highest BCUT2D eigenvalue weighted by Crippen LogP contribution is 2.44. The Bertz CT molecular complexity index is 1480. The number of nitrogens with zero attached hydrogens (tertiary/aromatic N) is 1. The summed E-state index contributed by atoms with van der Waals surface area (Å²) in [6.07, 6.45) is -1.69. The topological polar surface area (TPSA) is 75.7 Å². The lowest BCUT2D eigenvalue weighted by molar-refractivity contribution is -0.138. The van der Waals surface area contributed by atoms with Crippen LogP contribution in [0.3, 0.4) is 0 Å². The van der Waals surface area contributed by atoms with Crippen LogP contribution in [-0.2, 0) is 21.0 Å². The average molecular weight is 591 g/mol. The summed E-state index contributed by atoms with van der Waals surface area (Å²) in [5.41, 5.74) is -0.0225. The molecule has 0 radical (unpaired) electrons. The van der Waals surface area contributed by atoms with Crippen LogP contribution in [0.1, 0.15) is 58.4 Å². The Kier molecular flexibility index (Phi) is 8.92. The van der Waals surface area contributed by atoms with Crippen LogP contribution in [0.25, 0.3) is 10.8 Å². The van der Waals surface area contributed by atoms with Crippen LogP contribution in [0.4, 0.5) is 18.9 Å². The standard InChI is InChI=1S/C31H37F3N2O4S/c1-30(2,3)22-11-14-24(15-12-22)40-27-17-10-21-20-23(13-16-26(21)29(27)31(32,33)34)36(4)19-18-28(37)35-41(38,39)25-8-6-5-7-9-25/h5-10,13,16-17,20,22,24H,11-12,14-15,18-19H2,1-4H3,(H,35,37)/t22-,24-. The largest absolute Gasteiger partial charge is 0.490 e. The number of carbonyl (C=O) groups excluding carboxylic acids is 1. The molecule has 0 aromatic heterocycles. The van der Waals surface area contributed by atoms with Gasteiger partial charge in [0.25, 0.3) is 10.0 Å². The zero-order valence-electron chi connectivity index (χ0n) is 23.8. The molecule has 0 unspecified atom stereocenters. The van der Waals surface area contributed by atoms with Gasteiger partial charge in [0.2, 0.25) is 5.91 Å². The molecule has 0 atom stereocenters. The quantitative estimate of drug-likeness (QED) is 0.301. The van der Waals surface area contributed by atoms with Crippen molar-refractivity contribution in [1.82, 2.24) is 4.72 Å². The van der Waals surface area contributed by atoms with E-state index >= 15 is 0 Å². The molecule has 1 aliphatic rings. The first-order valence-electron chi connectivity index (χ1n) is 13.8. The molecule has 1 amide bonds. The summed E-state index contributed by atoms with van der Waals surface area (Å²) in [6, 6.07) is 15.2. The number of rotatable bonds is 8. The minimum absolute atomic E-state index is 0.0161. The number of sulfonamides is 1. The highest BCUT2D eigenvalue weighted by atomic mass is 32.2. The van der Waals surface area contributed by atoms with Crippen molar-refractivity contribution in [3.8, 4) is 5.75 Å². The van der Waals surface area contributed by atoms with Crippen LogP contribution in [0, 0.1) is 11.3 Å². The van der Waals surface area contributed by atoms with E-state index in [0.717, 1.165) is 25.7 Å². The van der Waals surface area contributed by atoms with Crippen molar-refractivity contribution in [3.63, 3.8) is 0 Å². The number of benzene rings is 3. The van der Waals surface area contributed by atoms with Gasteiger partial charge in [0, 0.05) is 25.7 Å². The van der Waals surface area contributed by atoms with E-state index in [1.807, 2.05) is 0 Å². The van der Waals surface area contributed by atoms with Gasteiger partial charge < -0.3 is 9.64 Å². The molecule has 1 aliphatic carbocycles. The van der Waals surface area contributed by atoms with Gasteiger partial charge in [0.15, 0.2) is 0 Å². The van der Waals surface area contributed by atoms with Crippen molar-refractivity contribution in [2.24, 2.45) is 11.3 Å². The highest BCUT2D eigenvalue weighted by molar-refractivity contribution is 7.90. The second kappa shape index (κ2) is 11.9. The number of fused-ring (bicyclic) bond motifs is 1. The number of anilines is 1. The van der Waals surface area contributed by atoms with Crippen molar-refractivity contribution in [2.75, 3.05) is 18.5 Å². The van der Waals surface area contributed by atoms with Gasteiger partial charge in [-0.2, -0.15) is 13.2 Å². The van der Waals surface area contributed by atoms with Gasteiger partial charge >= 0.3 is 6.18 Å². The van der Waals surface area contributed by atoms with E-state index in [1.54, 1.807) is 48.3 Å². The van der Waals surface area contributed by atoms with Crippen LogP contribution in [0.5, 0.6) is 5.75 Å². The molecule has 1 fully saturated rings. The Labute approximate surface area is 239 Å². The van der Waals surface area contributed by atoms with Crippen molar-refractivity contribution in [2.45, 2.75) is 70.1 Å². The third-order valence-electron chi connectivity index (χ3n) is 7.86. The minimum Gasteiger partial charge on any atom is -0.490 e. The van der Waals surface area contributed by atoms with E-state index in [0.29, 0.717) is 17.0 Å². The molecule has 0 bridgehead atoms. The van der Waals surface area contributed by atoms with Crippen molar-refractivity contribution >= 4 is 32.4 Å². The van der Waals surface area contributed by atoms with Crippen LogP contribution in [0.15, 0.2) is 65.6 Å². The Balaban J connectivity index is 1.46. The molecular weight excluding hydrogens is 553 g/mol. The molecule has 10 heteroatoms. The van der Waals surface area contributed by atoms with Crippen LogP contribution in [0.2, 0.25) is 0 Å². The van der Waals surface area contributed by atoms with Gasteiger partial charge in [0.1, 0.15) is 11.3 Å². The highest BCUT2D eigenvalue weighted by Gasteiger charge is 2.38. The molecule has 4 rings (SSSR count). The first-order valence-corrected chi connectivity index (χ1v) is 15.3. The van der Waals surface area contributed by atoms with E-state index in [2.05, 4.69) is 25.5 Å². The van der Waals surface area contributed by atoms with E-state index in [4.69, 9.17) is 4.74 Å². The average Bonchev–Trinajstić information content (AvgIpc) is 2.90. The Morgan fingerprint density at radius 1 is 0.976 bits per heavy atom. The lowest BCUT2D eigenvalue weighted by Crippen LogP contribution is -2.33. The van der Waals surface area contributed by atoms with Crippen LogP contribution < -0.4 is 14.4 Å². The third kappa shape index (κ3) is 7.52. The fourth-order valence-corrected chi connectivity index (χ4v) is 6.44. The SMILES string of the molecule is CN(CCC(=O)NS(=O)(=O)c1ccccc1)c1ccc2c(C(F)(F)F)c(O[C@H]3CC[C@H](C(C)(C)C)CC3)ccc2c1. The third-order valence-corrected chi connectivity index (χ3v) is 9.25. The van der Waals surface area contributed by atoms with Gasteiger partial charge in [-0.15, -0.1) is 0 Å². The van der Waals surface area contributed by atoms with E-state index in [1.165, 1.54) is 24.3 Å². The molecule has 3 aromatic rings. The van der Waals surface area contributed by atoms with Crippen molar-refractivity contribution in [1.29, 1.82) is 0 Å². The van der Waals surface area contributed by atoms with Gasteiger partial charge in [-0.05, 0) is 78.1 Å². The van der Waals surface area contributed by atoms with Gasteiger partial charge in [-0.25, -0.2) is 13.1 Å². The van der Waals surface area contributed by atoms with E-state index in [9.17, 15) is 26.4 Å². The molecule has 222 valence electrons. The Hall–Kier alpha value is -3.27. The van der Waals surface area contributed by atoms with Gasteiger partial charge in [-0.1, -0.05) is 51.1 Å². The fraction of sp³-hybridized carbons (Fsp3) is 0.452. The lowest BCUT2D eigenvalue weighted by atomic mass is 9.72. The number of amides is 1. The zero-order valence-corrected chi connectivity index (χ0v) is 24.6. The fourth-order valence-electron chi connectivity index (χ4n) is 5.41. The minimum atomic E-state index is -4.60. The van der Waals surface area contributed by atoms with Crippen molar-refractivity contribution < 1.29 is 31.1 Å². The predicted octanol–water partition coefficient (Wildman–Crippen LogP) is 7.17. The number of hydrogen-bond donors (Lipinski definition) is 1. The molecule has 6 nitrogen and oxygen atoms in total. The number of halogens is 3. The molecule has 0 heterocycles. The van der Waals surface area contributed by atoms with Gasteiger partial charge in [0.05, 0.1) is 11.0 Å². The lowest BCUT2D eigenvalue weighted by Gasteiger charge is -2.37. The second-order valence-corrected chi connectivity index (χ2v) is 13.5. The molecule has 0 saturated heterocycles. The summed E-state index contributed by atoms with van der Waals surface area (Å²) in [7, 11) is -2.29. The molecule has 1 N–H and O–H groups in total. The summed E-state index contributed by atoms with van der Waals surface area (Å²) in [6.45, 7) is 6.74. The molecule has 0 spiro atoms. The monoisotopic (exact) mass is 590 g/mol. The molecular formula is C31H37F3N2O4S. The molecule has 1 saturated carbocycles. The second-order valence-electron chi connectivity index (χ2n) is 11.8. The van der Waals surface area contributed by atoms with Crippen molar-refractivity contribution in [3.05, 3.63) is 66.2 Å². The van der Waals surface area contributed by atoms with E-state index < -0.39 is 27.7 Å². The predicted molar refractivity (Wildman–Crippen MR) is 154 cm³/mol. The summed E-state index contributed by atoms with van der Waals surface area (Å²) < 4.78 is 75.7. The number of carbonyl (C=O) groups is 1. The number of hydrogen-bond acceptors (Lipinski definition) is 5. The summed E-state index contributed by atoms with van der Waals surface area (Å²) in [4.78, 5) is 14.0. The maximum atomic E-state index is 14.3. The normalized spacial score (nSPS) is 18.2. The van der Waals surface area contributed by atoms with Crippen LogP contribution >= 0.6 is 0 Å². The maximum Gasteiger partial charge on any atom is 0.420 e. The number of ether oxygens (including phenoxy) is 1. The maximum absolute atomic E-state index is 14.3. The number of nitrogens with one attached hydrogen (secondary N) is 1. The Morgan fingerprint density at radius 3 is 2.24 bits per heavy atom. The smallest absolute Gasteiger partial charge is 0.420 e. The summed E-state index contributed by atoms with van der Waals surface area (Å²) in [5.74, 6) is -0.309. The zero-order chi connectivity index (χ0) is 30.0. The summed E-state index contributed by atoms with van der Waals surface area (Å²) in [5, 5.41) is 0.434. The summed E-state index contributed by atoms with van der Waals surface area (Å²) >= 11 is 0.